The van der Waals surface area contributed by atoms with Gasteiger partial charge in [0.2, 0.25) is 0 Å². The van der Waals surface area contributed by atoms with Gasteiger partial charge in [-0.2, -0.15) is 0 Å². The molecule has 2 unspecified atom stereocenters. The molecule has 5 heteroatoms. The fourth-order valence-corrected chi connectivity index (χ4v) is 6.37. The number of hydrogen-bond acceptors (Lipinski definition) is 5. The van der Waals surface area contributed by atoms with Crippen molar-refractivity contribution in [1.29, 1.82) is 0 Å². The van der Waals surface area contributed by atoms with E-state index in [-0.39, 0.29) is 12.0 Å². The van der Waals surface area contributed by atoms with E-state index in [1.165, 1.54) is 5.56 Å². The Hall–Kier alpha value is -5.81. The van der Waals surface area contributed by atoms with Gasteiger partial charge in [-0.05, 0) is 41.5 Å². The van der Waals surface area contributed by atoms with Crippen LogP contribution in [0.3, 0.4) is 0 Å². The quantitative estimate of drug-likeness (QED) is 0.212. The number of benzene rings is 5. The van der Waals surface area contributed by atoms with E-state index in [1.807, 2.05) is 91.0 Å². The Morgan fingerprint density at radius 3 is 2.00 bits per heavy atom. The molecule has 3 heterocycles. The first-order valence-corrected chi connectivity index (χ1v) is 14.8. The second-order valence-corrected chi connectivity index (χ2v) is 11.2. The van der Waals surface area contributed by atoms with Gasteiger partial charge in [-0.1, -0.05) is 109 Å². The van der Waals surface area contributed by atoms with Gasteiger partial charge in [0.15, 0.2) is 17.5 Å². The van der Waals surface area contributed by atoms with Gasteiger partial charge < -0.3 is 9.15 Å². The highest BCUT2D eigenvalue weighted by Gasteiger charge is 2.33. The molecular weight excluding hydrogens is 542 g/mol. The number of furan rings is 1. The smallest absolute Gasteiger partial charge is 0.164 e. The third-order valence-electron chi connectivity index (χ3n) is 8.47. The molecule has 2 aromatic heterocycles. The molecule has 2 atom stereocenters. The molecule has 1 aliphatic carbocycles. The fourth-order valence-electron chi connectivity index (χ4n) is 6.37. The number of fused-ring (bicyclic) bond motifs is 6. The van der Waals surface area contributed by atoms with Gasteiger partial charge in [-0.25, -0.2) is 15.0 Å². The molecule has 9 rings (SSSR count). The third-order valence-corrected chi connectivity index (χ3v) is 8.47. The van der Waals surface area contributed by atoms with Gasteiger partial charge in [-0.3, -0.25) is 0 Å². The minimum Gasteiger partial charge on any atom is -0.485 e. The number of ether oxygens (including phenoxy) is 1. The average molecular weight is 568 g/mol. The molecule has 2 aliphatic rings. The van der Waals surface area contributed by atoms with Gasteiger partial charge >= 0.3 is 0 Å². The normalized spacial score (nSPS) is 16.9. The number of hydrogen-bond donors (Lipinski definition) is 0. The summed E-state index contributed by atoms with van der Waals surface area (Å²) < 4.78 is 12.7. The predicted molar refractivity (Wildman–Crippen MR) is 174 cm³/mol. The molecule has 7 aromatic rings. The maximum Gasteiger partial charge on any atom is 0.164 e. The Bertz CT molecular complexity index is 2210. The van der Waals surface area contributed by atoms with Crippen molar-refractivity contribution >= 4 is 27.5 Å². The highest BCUT2D eigenvalue weighted by Crippen LogP contribution is 2.45. The molecule has 0 fully saturated rings. The van der Waals surface area contributed by atoms with E-state index in [1.54, 1.807) is 0 Å². The molecule has 0 radical (unpaired) electrons. The van der Waals surface area contributed by atoms with Crippen LogP contribution < -0.4 is 4.74 Å². The molecule has 0 spiro atoms. The van der Waals surface area contributed by atoms with Crippen molar-refractivity contribution in [3.63, 3.8) is 0 Å². The van der Waals surface area contributed by atoms with Crippen molar-refractivity contribution in [1.82, 2.24) is 15.0 Å². The summed E-state index contributed by atoms with van der Waals surface area (Å²) >= 11 is 0. The van der Waals surface area contributed by atoms with Gasteiger partial charge in [0.05, 0.1) is 0 Å². The molecule has 0 saturated carbocycles. The highest BCUT2D eigenvalue weighted by atomic mass is 16.5. The van der Waals surface area contributed by atoms with E-state index in [9.17, 15) is 0 Å². The number of allylic oxidation sites excluding steroid dienone is 2. The van der Waals surface area contributed by atoms with Crippen LogP contribution in [0.4, 0.5) is 0 Å². The zero-order valence-corrected chi connectivity index (χ0v) is 23.6. The van der Waals surface area contributed by atoms with Crippen LogP contribution in [0.5, 0.6) is 5.75 Å². The predicted octanol–water partition coefficient (Wildman–Crippen LogP) is 9.27. The lowest BCUT2D eigenvalue weighted by atomic mass is 9.86. The summed E-state index contributed by atoms with van der Waals surface area (Å²) in [6.45, 7) is 0. The summed E-state index contributed by atoms with van der Waals surface area (Å²) in [6.07, 6.45) is 6.61. The van der Waals surface area contributed by atoms with Crippen molar-refractivity contribution in [2.75, 3.05) is 0 Å². The summed E-state index contributed by atoms with van der Waals surface area (Å²) in [6, 6.07) is 40.9. The average Bonchev–Trinajstić information content (AvgIpc) is 3.66. The molecule has 0 N–H and O–H groups in total. The lowest BCUT2D eigenvalue weighted by Crippen LogP contribution is -2.17. The van der Waals surface area contributed by atoms with Gasteiger partial charge in [0.1, 0.15) is 23.0 Å². The number of rotatable bonds is 4. The van der Waals surface area contributed by atoms with Crippen LogP contribution in [0.25, 0.3) is 61.7 Å². The van der Waals surface area contributed by atoms with Crippen LogP contribution in [-0.2, 0) is 0 Å². The van der Waals surface area contributed by atoms with Crippen molar-refractivity contribution < 1.29 is 9.15 Å². The Morgan fingerprint density at radius 2 is 1.23 bits per heavy atom. The Labute approximate surface area is 253 Å². The summed E-state index contributed by atoms with van der Waals surface area (Å²) in [5.74, 6) is 2.95. The first kappa shape index (κ1) is 24.8. The minimum absolute atomic E-state index is 0.00375. The van der Waals surface area contributed by atoms with Crippen LogP contribution in [0.2, 0.25) is 0 Å². The number of para-hydroxylation sites is 2. The van der Waals surface area contributed by atoms with E-state index in [0.717, 1.165) is 55.5 Å². The van der Waals surface area contributed by atoms with Crippen LogP contribution in [0.1, 0.15) is 17.0 Å². The van der Waals surface area contributed by atoms with Gasteiger partial charge in [-0.15, -0.1) is 0 Å². The molecule has 0 saturated heterocycles. The lowest BCUT2D eigenvalue weighted by Gasteiger charge is -2.19. The molecule has 1 aliphatic heterocycles. The molecule has 5 nitrogen and oxygen atoms in total. The Balaban J connectivity index is 1.29. The van der Waals surface area contributed by atoms with Crippen molar-refractivity contribution in [3.8, 4) is 39.9 Å². The largest absolute Gasteiger partial charge is 0.485 e. The molecule has 208 valence electrons. The Morgan fingerprint density at radius 1 is 0.568 bits per heavy atom. The highest BCUT2D eigenvalue weighted by molar-refractivity contribution is 6.13. The topological polar surface area (TPSA) is 61.0 Å². The lowest BCUT2D eigenvalue weighted by molar-refractivity contribution is 0.269. The minimum atomic E-state index is -0.00375. The molecular formula is C39H25N3O2. The summed E-state index contributed by atoms with van der Waals surface area (Å²) in [7, 11) is 0. The SMILES string of the molecule is C1=CC2Oc3ccccc3C2C=C1c1cc(-c2nc(-c3ccccc3)nc(-c3ccccc3)n2)c2c(c1)oc1ccccc12. The number of aromatic nitrogens is 3. The fraction of sp³-hybridized carbons (Fsp3) is 0.0513. The Kier molecular flexibility index (Phi) is 5.56. The van der Waals surface area contributed by atoms with E-state index in [0.29, 0.717) is 17.5 Å². The van der Waals surface area contributed by atoms with Crippen LogP contribution in [0.15, 0.2) is 144 Å². The molecule has 5 aromatic carbocycles. The van der Waals surface area contributed by atoms with Crippen molar-refractivity contribution in [3.05, 3.63) is 151 Å². The second-order valence-electron chi connectivity index (χ2n) is 11.2. The maximum absolute atomic E-state index is 6.47. The maximum atomic E-state index is 6.47. The van der Waals surface area contributed by atoms with Crippen molar-refractivity contribution in [2.24, 2.45) is 0 Å². The van der Waals surface area contributed by atoms with Crippen molar-refractivity contribution in [2.45, 2.75) is 12.0 Å². The first-order chi connectivity index (χ1) is 21.8. The second kappa shape index (κ2) is 9.89. The van der Waals surface area contributed by atoms with Crippen LogP contribution in [0, 0.1) is 0 Å². The zero-order valence-electron chi connectivity index (χ0n) is 23.6. The van der Waals surface area contributed by atoms with E-state index < -0.39 is 0 Å². The van der Waals surface area contributed by atoms with E-state index in [2.05, 4.69) is 48.6 Å². The molecule has 0 amide bonds. The first-order valence-electron chi connectivity index (χ1n) is 14.8. The summed E-state index contributed by atoms with van der Waals surface area (Å²) in [4.78, 5) is 15.1. The van der Waals surface area contributed by atoms with E-state index in [4.69, 9.17) is 24.1 Å². The summed E-state index contributed by atoms with van der Waals surface area (Å²) in [5.41, 5.74) is 7.74. The third kappa shape index (κ3) is 4.05. The number of nitrogens with zero attached hydrogens (tertiary/aromatic N) is 3. The van der Waals surface area contributed by atoms with Gasteiger partial charge in [0, 0.05) is 38.9 Å². The van der Waals surface area contributed by atoms with Crippen LogP contribution >= 0.6 is 0 Å². The van der Waals surface area contributed by atoms with Crippen LogP contribution in [-0.4, -0.2) is 21.1 Å². The standard InChI is InChI=1S/C39H25N3O2/c1-3-11-24(12-4-1)37-40-38(25-13-5-2-6-14-25)42-39(41-37)31-22-27(23-35-36(31)29-16-8-10-18-33(29)44-35)26-19-20-34-30(21-26)28-15-7-9-17-32(28)43-34/h1-23,30,34H. The molecule has 44 heavy (non-hydrogen) atoms. The summed E-state index contributed by atoms with van der Waals surface area (Å²) in [5, 5.41) is 2.01. The van der Waals surface area contributed by atoms with Gasteiger partial charge in [0.25, 0.3) is 0 Å². The monoisotopic (exact) mass is 567 g/mol. The zero-order chi connectivity index (χ0) is 29.0. The van der Waals surface area contributed by atoms with E-state index >= 15 is 0 Å². The molecule has 0 bridgehead atoms.